The van der Waals surface area contributed by atoms with E-state index in [1.807, 2.05) is 0 Å². The Morgan fingerprint density at radius 3 is 2.66 bits per heavy atom. The Morgan fingerprint density at radius 2 is 1.90 bits per heavy atom. The number of furan rings is 1. The van der Waals surface area contributed by atoms with Crippen molar-refractivity contribution in [1.29, 1.82) is 0 Å². The van der Waals surface area contributed by atoms with Crippen LogP contribution in [0.25, 0.3) is 6.08 Å². The van der Waals surface area contributed by atoms with Crippen molar-refractivity contribution in [3.05, 3.63) is 122 Å². The molecule has 11 heteroatoms. The van der Waals surface area contributed by atoms with E-state index in [9.17, 15) is 9.18 Å². The summed E-state index contributed by atoms with van der Waals surface area (Å²) in [5.41, 5.74) is 1.78. The number of carbonyl (C=O) groups excluding carboxylic acids is 1. The molecule has 4 aromatic rings. The van der Waals surface area contributed by atoms with E-state index in [1.54, 1.807) is 66.7 Å². The molecule has 1 aliphatic heterocycles. The van der Waals surface area contributed by atoms with E-state index >= 15 is 0 Å². The topological polar surface area (TPSA) is 76.6 Å². The fourth-order valence-electron chi connectivity index (χ4n) is 3.84. The van der Waals surface area contributed by atoms with E-state index in [1.165, 1.54) is 36.6 Å². The number of hydrogen-bond acceptors (Lipinski definition) is 7. The van der Waals surface area contributed by atoms with Gasteiger partial charge in [0.05, 0.1) is 31.0 Å². The number of amidine groups is 1. The molecule has 5 rings (SSSR count). The van der Waals surface area contributed by atoms with Crippen molar-refractivity contribution >= 4 is 58.3 Å². The lowest BCUT2D eigenvalue weighted by Gasteiger charge is -2.13. The van der Waals surface area contributed by atoms with E-state index < -0.39 is 5.82 Å². The highest BCUT2D eigenvalue weighted by molar-refractivity contribution is 8.18. The molecule has 0 atom stereocenters. The summed E-state index contributed by atoms with van der Waals surface area (Å²) in [6.07, 6.45) is 4.56. The largest absolute Gasteiger partial charge is 0.493 e. The van der Waals surface area contributed by atoms with Crippen LogP contribution in [-0.4, -0.2) is 29.3 Å². The molecule has 41 heavy (non-hydrogen) atoms. The molecule has 1 amide bonds. The smallest absolute Gasteiger partial charge is 0.267 e. The number of nitrogens with zero attached hydrogens (tertiary/aromatic N) is 3. The first kappa shape index (κ1) is 28.5. The predicted octanol–water partition coefficient (Wildman–Crippen LogP) is 7.82. The van der Waals surface area contributed by atoms with Crippen LogP contribution in [0.1, 0.15) is 22.5 Å². The number of amides is 1. The molecule has 0 saturated carbocycles. The zero-order valence-electron chi connectivity index (χ0n) is 21.6. The van der Waals surface area contributed by atoms with Gasteiger partial charge < -0.3 is 13.9 Å². The van der Waals surface area contributed by atoms with Crippen LogP contribution >= 0.6 is 35.0 Å². The van der Waals surface area contributed by atoms with Gasteiger partial charge in [-0.15, -0.1) is 5.10 Å². The summed E-state index contributed by atoms with van der Waals surface area (Å²) in [6.45, 7) is 0.381. The molecule has 1 fully saturated rings. The van der Waals surface area contributed by atoms with Crippen LogP contribution in [0.5, 0.6) is 11.5 Å². The molecule has 208 valence electrons. The molecule has 3 aromatic carbocycles. The maximum atomic E-state index is 14.2. The summed E-state index contributed by atoms with van der Waals surface area (Å²) in [6, 6.07) is 20.2. The molecule has 0 aliphatic carbocycles. The van der Waals surface area contributed by atoms with Crippen LogP contribution in [0.2, 0.25) is 10.0 Å². The summed E-state index contributed by atoms with van der Waals surface area (Å²) >= 11 is 13.3. The number of benzene rings is 3. The first-order valence-corrected chi connectivity index (χ1v) is 13.8. The lowest BCUT2D eigenvalue weighted by molar-refractivity contribution is -0.122. The van der Waals surface area contributed by atoms with Crippen LogP contribution in [0.3, 0.4) is 0 Å². The van der Waals surface area contributed by atoms with Gasteiger partial charge in [-0.3, -0.25) is 9.69 Å². The average molecular weight is 610 g/mol. The molecule has 0 radical (unpaired) electrons. The minimum Gasteiger partial charge on any atom is -0.493 e. The minimum absolute atomic E-state index is 0.152. The van der Waals surface area contributed by atoms with Gasteiger partial charge in [0.2, 0.25) is 0 Å². The zero-order chi connectivity index (χ0) is 28.8. The van der Waals surface area contributed by atoms with Gasteiger partial charge in [-0.05, 0) is 71.9 Å². The molecule has 7 nitrogen and oxygen atoms in total. The molecule has 1 aromatic heterocycles. The summed E-state index contributed by atoms with van der Waals surface area (Å²) in [7, 11) is 1.54. The van der Waals surface area contributed by atoms with Gasteiger partial charge in [0.1, 0.15) is 18.2 Å². The molecule has 0 spiro atoms. The molecular weight excluding hydrogens is 588 g/mol. The van der Waals surface area contributed by atoms with Gasteiger partial charge >= 0.3 is 0 Å². The lowest BCUT2D eigenvalue weighted by atomic mass is 10.2. The van der Waals surface area contributed by atoms with E-state index in [0.717, 1.165) is 17.3 Å². The summed E-state index contributed by atoms with van der Waals surface area (Å²) in [4.78, 5) is 15.0. The van der Waals surface area contributed by atoms with Gasteiger partial charge in [0.15, 0.2) is 16.7 Å². The number of ether oxygens (including phenoxy) is 2. The van der Waals surface area contributed by atoms with Crippen molar-refractivity contribution in [2.24, 2.45) is 10.2 Å². The first-order chi connectivity index (χ1) is 19.9. The number of methoxy groups -OCH3 is 1. The van der Waals surface area contributed by atoms with Crippen LogP contribution in [0.15, 0.2) is 98.6 Å². The first-order valence-electron chi connectivity index (χ1n) is 12.3. The third-order valence-electron chi connectivity index (χ3n) is 5.91. The number of thioether (sulfide) groups is 1. The van der Waals surface area contributed by atoms with Crippen LogP contribution in [-0.2, 0) is 17.9 Å². The monoisotopic (exact) mass is 609 g/mol. The number of halogens is 3. The minimum atomic E-state index is -0.424. The third-order valence-corrected chi connectivity index (χ3v) is 7.49. The highest BCUT2D eigenvalue weighted by atomic mass is 35.5. The van der Waals surface area contributed by atoms with Gasteiger partial charge in [-0.25, -0.2) is 4.39 Å². The Morgan fingerprint density at radius 1 is 1.05 bits per heavy atom. The summed E-state index contributed by atoms with van der Waals surface area (Å²) in [5.74, 6) is 0.834. The van der Waals surface area contributed by atoms with Crippen molar-refractivity contribution in [2.75, 3.05) is 7.11 Å². The molecule has 0 bridgehead atoms. The molecule has 2 heterocycles. The fraction of sp³-hybridized carbons (Fsp3) is 0.100. The van der Waals surface area contributed by atoms with Crippen LogP contribution in [0.4, 0.5) is 4.39 Å². The number of rotatable bonds is 9. The van der Waals surface area contributed by atoms with Crippen molar-refractivity contribution < 1.29 is 23.1 Å². The second-order valence-electron chi connectivity index (χ2n) is 8.66. The maximum absolute atomic E-state index is 14.2. The zero-order valence-corrected chi connectivity index (χ0v) is 23.9. The van der Waals surface area contributed by atoms with E-state index in [0.29, 0.717) is 48.5 Å². The Labute approximate surface area is 249 Å². The second-order valence-corrected chi connectivity index (χ2v) is 10.5. The quantitative estimate of drug-likeness (QED) is 0.110. The van der Waals surface area contributed by atoms with Crippen molar-refractivity contribution in [3.8, 4) is 11.5 Å². The van der Waals surface area contributed by atoms with Gasteiger partial charge in [0, 0.05) is 21.2 Å². The Bertz CT molecular complexity index is 1660. The number of carbonyl (C=O) groups is 1. The van der Waals surface area contributed by atoms with Gasteiger partial charge in [-0.2, -0.15) is 5.10 Å². The highest BCUT2D eigenvalue weighted by Gasteiger charge is 2.34. The Kier molecular flexibility index (Phi) is 9.08. The fourth-order valence-corrected chi connectivity index (χ4v) is 5.23. The highest BCUT2D eigenvalue weighted by Crippen LogP contribution is 2.34. The van der Waals surface area contributed by atoms with Gasteiger partial charge in [0.25, 0.3) is 5.91 Å². The maximum Gasteiger partial charge on any atom is 0.267 e. The Balaban J connectivity index is 1.34. The SMILES string of the molecule is COc1cc(/C=N/N=C2\S/C(=C\c3ccccc3F)C(=O)N2Cc2ccco2)ccc1OCc1ccc(Cl)cc1Cl. The number of hydrogen-bond donors (Lipinski definition) is 0. The molecular formula is C30H22Cl2FN3O4S. The predicted molar refractivity (Wildman–Crippen MR) is 160 cm³/mol. The standard InChI is InChI=1S/C30H22Cl2FN3O4S/c1-38-27-13-19(8-11-26(27)40-18-21-9-10-22(31)15-24(21)32)16-34-35-30-36(17-23-6-4-12-39-23)29(37)28(41-30)14-20-5-2-3-7-25(20)33/h2-16H,17-18H2,1H3/b28-14-,34-16+,35-30-. The lowest BCUT2D eigenvalue weighted by Crippen LogP contribution is -2.28. The normalized spacial score (nSPS) is 15.4. The van der Waals surface area contributed by atoms with Gasteiger partial charge in [-0.1, -0.05) is 47.5 Å². The summed E-state index contributed by atoms with van der Waals surface area (Å²) < 4.78 is 31.1. The molecule has 1 aliphatic rings. The summed E-state index contributed by atoms with van der Waals surface area (Å²) in [5, 5.41) is 9.89. The second kappa shape index (κ2) is 13.1. The average Bonchev–Trinajstić information content (AvgIpc) is 3.58. The molecule has 0 unspecified atom stereocenters. The van der Waals surface area contributed by atoms with Crippen LogP contribution < -0.4 is 9.47 Å². The van der Waals surface area contributed by atoms with E-state index in [4.69, 9.17) is 37.1 Å². The van der Waals surface area contributed by atoms with Crippen molar-refractivity contribution in [3.63, 3.8) is 0 Å². The van der Waals surface area contributed by atoms with Crippen molar-refractivity contribution in [1.82, 2.24) is 4.90 Å². The van der Waals surface area contributed by atoms with Crippen LogP contribution in [0, 0.1) is 5.82 Å². The van der Waals surface area contributed by atoms with E-state index in [-0.39, 0.29) is 19.1 Å². The van der Waals surface area contributed by atoms with Crippen molar-refractivity contribution in [2.45, 2.75) is 13.2 Å². The Hall–Kier alpha value is -4.05. The molecule has 1 saturated heterocycles. The van der Waals surface area contributed by atoms with E-state index in [2.05, 4.69) is 10.2 Å². The molecule has 0 N–H and O–H groups in total. The third kappa shape index (κ3) is 7.00.